The topological polar surface area (TPSA) is 86.8 Å². The maximum absolute atomic E-state index is 13.7. The van der Waals surface area contributed by atoms with Gasteiger partial charge in [0, 0.05) is 18.5 Å². The van der Waals surface area contributed by atoms with Gasteiger partial charge in [0.2, 0.25) is 21.8 Å². The Bertz CT molecular complexity index is 1310. The number of carbonyl (C=O) groups is 2. The zero-order valence-electron chi connectivity index (χ0n) is 21.6. The van der Waals surface area contributed by atoms with Crippen molar-refractivity contribution in [3.05, 3.63) is 77.9 Å². The number of fused-ring (bicyclic) bond motifs is 1. The highest BCUT2D eigenvalue weighted by Gasteiger charge is 2.30. The SMILES string of the molecule is Cc1ccc(CN(C(=O)CN(c2cccc3ccccc23)S(C)(=O)=O)[C@H](C)C(=O)NCC(C)C)cc1. The van der Waals surface area contributed by atoms with Crippen molar-refractivity contribution >= 4 is 38.3 Å². The minimum atomic E-state index is -3.80. The molecule has 0 aliphatic carbocycles. The van der Waals surface area contributed by atoms with Gasteiger partial charge in [-0.25, -0.2) is 8.42 Å². The quantitative estimate of drug-likeness (QED) is 0.446. The minimum Gasteiger partial charge on any atom is -0.354 e. The Morgan fingerprint density at radius 3 is 2.19 bits per heavy atom. The number of carbonyl (C=O) groups excluding carboxylic acids is 2. The van der Waals surface area contributed by atoms with E-state index in [4.69, 9.17) is 0 Å². The summed E-state index contributed by atoms with van der Waals surface area (Å²) in [5, 5.41) is 4.48. The highest BCUT2D eigenvalue weighted by atomic mass is 32.2. The third-order valence-electron chi connectivity index (χ3n) is 6.04. The van der Waals surface area contributed by atoms with Gasteiger partial charge in [0.15, 0.2) is 0 Å². The summed E-state index contributed by atoms with van der Waals surface area (Å²) in [6, 6.07) is 19.7. The van der Waals surface area contributed by atoms with Crippen LogP contribution in [0.3, 0.4) is 0 Å². The predicted octanol–water partition coefficient (Wildman–Crippen LogP) is 4.10. The third-order valence-corrected chi connectivity index (χ3v) is 7.17. The molecular formula is C28H35N3O4S. The summed E-state index contributed by atoms with van der Waals surface area (Å²) >= 11 is 0. The molecule has 0 saturated heterocycles. The molecule has 0 aliphatic heterocycles. The first-order valence-corrected chi connectivity index (χ1v) is 13.9. The summed E-state index contributed by atoms with van der Waals surface area (Å²) in [4.78, 5) is 28.1. The fraction of sp³-hybridized carbons (Fsp3) is 0.357. The summed E-state index contributed by atoms with van der Waals surface area (Å²) < 4.78 is 26.9. The number of hydrogen-bond acceptors (Lipinski definition) is 4. The van der Waals surface area contributed by atoms with E-state index in [0.717, 1.165) is 32.5 Å². The summed E-state index contributed by atoms with van der Waals surface area (Å²) in [7, 11) is -3.80. The number of aryl methyl sites for hydroxylation is 1. The highest BCUT2D eigenvalue weighted by molar-refractivity contribution is 7.92. The van der Waals surface area contributed by atoms with Crippen molar-refractivity contribution in [2.24, 2.45) is 5.92 Å². The molecule has 3 aromatic rings. The molecule has 8 heteroatoms. The lowest BCUT2D eigenvalue weighted by molar-refractivity contribution is -0.139. The van der Waals surface area contributed by atoms with Gasteiger partial charge in [0.05, 0.1) is 11.9 Å². The van der Waals surface area contributed by atoms with E-state index in [0.29, 0.717) is 12.2 Å². The molecule has 2 amide bonds. The zero-order chi connectivity index (χ0) is 26.5. The molecule has 192 valence electrons. The monoisotopic (exact) mass is 509 g/mol. The Hall–Kier alpha value is -3.39. The maximum Gasteiger partial charge on any atom is 0.244 e. The van der Waals surface area contributed by atoms with Gasteiger partial charge in [-0.15, -0.1) is 0 Å². The molecule has 0 bridgehead atoms. The summed E-state index contributed by atoms with van der Waals surface area (Å²) in [6.45, 7) is 7.89. The summed E-state index contributed by atoms with van der Waals surface area (Å²) in [6.07, 6.45) is 1.09. The Morgan fingerprint density at radius 2 is 1.56 bits per heavy atom. The van der Waals surface area contributed by atoms with Crippen LogP contribution in [0.1, 0.15) is 31.9 Å². The Labute approximate surface area is 214 Å². The van der Waals surface area contributed by atoms with Crippen molar-refractivity contribution in [1.82, 2.24) is 10.2 Å². The summed E-state index contributed by atoms with van der Waals surface area (Å²) in [5.74, 6) is -0.476. The fourth-order valence-corrected chi connectivity index (χ4v) is 4.81. The van der Waals surface area contributed by atoms with Gasteiger partial charge in [-0.1, -0.05) is 80.1 Å². The second kappa shape index (κ2) is 11.6. The average molecular weight is 510 g/mol. The Balaban J connectivity index is 1.96. The van der Waals surface area contributed by atoms with Crippen LogP contribution in [0.5, 0.6) is 0 Å². The molecule has 3 aromatic carbocycles. The first kappa shape index (κ1) is 27.2. The van der Waals surface area contributed by atoms with Crippen molar-refractivity contribution in [2.45, 2.75) is 40.3 Å². The smallest absolute Gasteiger partial charge is 0.244 e. The van der Waals surface area contributed by atoms with Crippen molar-refractivity contribution in [3.8, 4) is 0 Å². The molecule has 0 saturated carbocycles. The molecule has 0 aromatic heterocycles. The molecule has 0 aliphatic rings. The van der Waals surface area contributed by atoms with E-state index in [2.05, 4.69) is 5.32 Å². The second-order valence-electron chi connectivity index (χ2n) is 9.59. The van der Waals surface area contributed by atoms with Gasteiger partial charge in [-0.2, -0.15) is 0 Å². The second-order valence-corrected chi connectivity index (χ2v) is 11.5. The van der Waals surface area contributed by atoms with E-state index < -0.39 is 28.5 Å². The molecule has 1 atom stereocenters. The number of hydrogen-bond donors (Lipinski definition) is 1. The van der Waals surface area contributed by atoms with E-state index in [1.165, 1.54) is 4.90 Å². The van der Waals surface area contributed by atoms with Crippen LogP contribution < -0.4 is 9.62 Å². The van der Waals surface area contributed by atoms with Crippen LogP contribution in [-0.2, 0) is 26.2 Å². The van der Waals surface area contributed by atoms with Crippen LogP contribution in [-0.4, -0.2) is 50.5 Å². The number of nitrogens with zero attached hydrogens (tertiary/aromatic N) is 2. The van der Waals surface area contributed by atoms with Crippen molar-refractivity contribution < 1.29 is 18.0 Å². The minimum absolute atomic E-state index is 0.183. The standard InChI is InChI=1S/C28H35N3O4S/c1-20(2)17-29-28(33)22(4)30(18-23-15-13-21(3)14-16-23)27(32)19-31(36(5,34)35)26-12-8-10-24-9-6-7-11-25(24)26/h6-16,20,22H,17-19H2,1-5H3,(H,29,33)/t22-/m1/s1. The molecule has 0 heterocycles. The number of rotatable bonds is 10. The van der Waals surface area contributed by atoms with Crippen LogP contribution in [0.15, 0.2) is 66.7 Å². The molecular weight excluding hydrogens is 474 g/mol. The molecule has 3 rings (SSSR count). The van der Waals surface area contributed by atoms with Gasteiger partial charge < -0.3 is 10.2 Å². The molecule has 0 unspecified atom stereocenters. The molecule has 7 nitrogen and oxygen atoms in total. The van der Waals surface area contributed by atoms with Crippen molar-refractivity contribution in [1.29, 1.82) is 0 Å². The van der Waals surface area contributed by atoms with E-state index in [-0.39, 0.29) is 18.4 Å². The first-order chi connectivity index (χ1) is 17.0. The zero-order valence-corrected chi connectivity index (χ0v) is 22.4. The predicted molar refractivity (Wildman–Crippen MR) is 145 cm³/mol. The largest absolute Gasteiger partial charge is 0.354 e. The van der Waals surface area contributed by atoms with Crippen LogP contribution in [0.2, 0.25) is 0 Å². The van der Waals surface area contributed by atoms with Crippen LogP contribution >= 0.6 is 0 Å². The third kappa shape index (κ3) is 6.85. The number of nitrogens with one attached hydrogen (secondary N) is 1. The van der Waals surface area contributed by atoms with E-state index in [9.17, 15) is 18.0 Å². The maximum atomic E-state index is 13.7. The molecule has 0 fully saturated rings. The Morgan fingerprint density at radius 1 is 0.917 bits per heavy atom. The van der Waals surface area contributed by atoms with Gasteiger partial charge in [0.25, 0.3) is 0 Å². The molecule has 1 N–H and O–H groups in total. The number of amides is 2. The number of benzene rings is 3. The normalized spacial score (nSPS) is 12.4. The molecule has 0 spiro atoms. The van der Waals surface area contributed by atoms with Crippen molar-refractivity contribution in [3.63, 3.8) is 0 Å². The lowest BCUT2D eigenvalue weighted by Gasteiger charge is -2.32. The van der Waals surface area contributed by atoms with Gasteiger partial charge in [-0.3, -0.25) is 13.9 Å². The fourth-order valence-electron chi connectivity index (χ4n) is 3.95. The lowest BCUT2D eigenvalue weighted by atomic mass is 10.1. The molecule has 36 heavy (non-hydrogen) atoms. The summed E-state index contributed by atoms with van der Waals surface area (Å²) in [5.41, 5.74) is 2.36. The van der Waals surface area contributed by atoms with E-state index >= 15 is 0 Å². The van der Waals surface area contributed by atoms with Gasteiger partial charge in [-0.05, 0) is 36.8 Å². The van der Waals surface area contributed by atoms with E-state index in [1.807, 2.05) is 75.4 Å². The lowest BCUT2D eigenvalue weighted by Crippen LogP contribution is -2.51. The number of anilines is 1. The van der Waals surface area contributed by atoms with E-state index in [1.54, 1.807) is 19.1 Å². The van der Waals surface area contributed by atoms with Crippen LogP contribution in [0, 0.1) is 12.8 Å². The van der Waals surface area contributed by atoms with Crippen LogP contribution in [0.25, 0.3) is 10.8 Å². The highest BCUT2D eigenvalue weighted by Crippen LogP contribution is 2.28. The van der Waals surface area contributed by atoms with Gasteiger partial charge >= 0.3 is 0 Å². The van der Waals surface area contributed by atoms with Crippen molar-refractivity contribution in [2.75, 3.05) is 23.7 Å². The average Bonchev–Trinajstić information content (AvgIpc) is 2.84. The van der Waals surface area contributed by atoms with Crippen LogP contribution in [0.4, 0.5) is 5.69 Å². The van der Waals surface area contributed by atoms with Gasteiger partial charge in [0.1, 0.15) is 12.6 Å². The Kier molecular flexibility index (Phi) is 8.74. The number of sulfonamides is 1. The molecule has 0 radical (unpaired) electrons. The first-order valence-electron chi connectivity index (χ1n) is 12.1.